The lowest BCUT2D eigenvalue weighted by Gasteiger charge is -2.25. The smallest absolute Gasteiger partial charge is 0.290 e. The Kier molecular flexibility index (Phi) is 6.21. The predicted molar refractivity (Wildman–Crippen MR) is 124 cm³/mol. The van der Waals surface area contributed by atoms with Crippen molar-refractivity contribution in [3.63, 3.8) is 0 Å². The van der Waals surface area contributed by atoms with E-state index in [2.05, 4.69) is 20.8 Å². The fourth-order valence-corrected chi connectivity index (χ4v) is 4.10. The molecule has 1 amide bonds. The van der Waals surface area contributed by atoms with Gasteiger partial charge in [0.05, 0.1) is 30.7 Å². The van der Waals surface area contributed by atoms with E-state index in [4.69, 9.17) is 13.9 Å². The van der Waals surface area contributed by atoms with Gasteiger partial charge in [0.15, 0.2) is 16.9 Å². The molecule has 6 nitrogen and oxygen atoms in total. The second kappa shape index (κ2) is 9.07. The van der Waals surface area contributed by atoms with Gasteiger partial charge in [-0.25, -0.2) is 0 Å². The normalized spacial score (nSPS) is 15.5. The third-order valence-corrected chi connectivity index (χ3v) is 5.70. The molecular formula is C26H29NO5. The van der Waals surface area contributed by atoms with Crippen molar-refractivity contribution in [3.8, 4) is 11.5 Å². The van der Waals surface area contributed by atoms with Crippen LogP contribution in [0.15, 0.2) is 51.7 Å². The summed E-state index contributed by atoms with van der Waals surface area (Å²) in [4.78, 5) is 28.5. The molecule has 0 unspecified atom stereocenters. The van der Waals surface area contributed by atoms with Gasteiger partial charge in [-0.05, 0) is 42.2 Å². The van der Waals surface area contributed by atoms with Crippen LogP contribution in [0.4, 0.5) is 0 Å². The molecule has 1 aliphatic heterocycles. The Morgan fingerprint density at radius 3 is 2.59 bits per heavy atom. The van der Waals surface area contributed by atoms with E-state index in [9.17, 15) is 9.59 Å². The average Bonchev–Trinajstić information content (AvgIpc) is 3.08. The summed E-state index contributed by atoms with van der Waals surface area (Å²) in [6.45, 7) is 7.34. The van der Waals surface area contributed by atoms with Crippen LogP contribution in [0.25, 0.3) is 11.0 Å². The molecule has 2 aromatic carbocycles. The molecule has 0 aliphatic carbocycles. The number of para-hydroxylation sites is 1. The highest BCUT2D eigenvalue weighted by Gasteiger charge is 2.42. The van der Waals surface area contributed by atoms with Gasteiger partial charge in [-0.3, -0.25) is 9.59 Å². The number of amides is 1. The minimum absolute atomic E-state index is 0.133. The zero-order chi connectivity index (χ0) is 22.8. The first kappa shape index (κ1) is 21.9. The SMILES string of the molecule is CCCCN1C(=O)c2oc3ccccc3c(=O)c2[C@H]1c1ccc(OCC(C)C)c(OC)c1. The quantitative estimate of drug-likeness (QED) is 0.488. The maximum Gasteiger partial charge on any atom is 0.290 e. The van der Waals surface area contributed by atoms with E-state index in [1.807, 2.05) is 18.2 Å². The standard InChI is InChI=1S/C26H29NO5/c1-5-6-13-27-23(17-11-12-20(21(14-17)30-4)31-15-16(2)3)22-24(28)18-9-7-8-10-19(18)32-25(22)26(27)29/h7-12,14,16,23H,5-6,13,15H2,1-4H3/t23-/m1/s1. The molecule has 2 heterocycles. The molecule has 0 saturated carbocycles. The highest BCUT2D eigenvalue weighted by molar-refractivity contribution is 5.99. The molecule has 0 radical (unpaired) electrons. The van der Waals surface area contributed by atoms with Gasteiger partial charge in [0, 0.05) is 6.54 Å². The molecule has 4 rings (SSSR count). The van der Waals surface area contributed by atoms with Crippen LogP contribution in [0.5, 0.6) is 11.5 Å². The van der Waals surface area contributed by atoms with Crippen molar-refractivity contribution >= 4 is 16.9 Å². The fourth-order valence-electron chi connectivity index (χ4n) is 4.10. The van der Waals surface area contributed by atoms with Crippen molar-refractivity contribution in [2.45, 2.75) is 39.7 Å². The van der Waals surface area contributed by atoms with Gasteiger partial charge in [-0.1, -0.05) is 45.4 Å². The summed E-state index contributed by atoms with van der Waals surface area (Å²) in [5, 5.41) is 0.477. The summed E-state index contributed by atoms with van der Waals surface area (Å²) in [5.74, 6) is 1.47. The van der Waals surface area contributed by atoms with Gasteiger partial charge in [0.25, 0.3) is 5.91 Å². The highest BCUT2D eigenvalue weighted by Crippen LogP contribution is 2.41. The van der Waals surface area contributed by atoms with Crippen LogP contribution in [0, 0.1) is 5.92 Å². The maximum absolute atomic E-state index is 13.5. The number of hydrogen-bond acceptors (Lipinski definition) is 5. The maximum atomic E-state index is 13.5. The Bertz CT molecular complexity index is 1200. The molecule has 1 aliphatic rings. The molecule has 3 aromatic rings. The van der Waals surface area contributed by atoms with E-state index in [-0.39, 0.29) is 17.1 Å². The first-order chi connectivity index (χ1) is 15.5. The van der Waals surface area contributed by atoms with Crippen LogP contribution in [0.3, 0.4) is 0 Å². The Hall–Kier alpha value is -3.28. The van der Waals surface area contributed by atoms with E-state index in [0.717, 1.165) is 18.4 Å². The number of fused-ring (bicyclic) bond motifs is 2. The molecule has 168 valence electrons. The first-order valence-corrected chi connectivity index (χ1v) is 11.1. The van der Waals surface area contributed by atoms with E-state index in [0.29, 0.717) is 47.1 Å². The third kappa shape index (κ3) is 3.85. The molecule has 0 saturated heterocycles. The van der Waals surface area contributed by atoms with Crippen molar-refractivity contribution in [1.29, 1.82) is 0 Å². The minimum atomic E-state index is -0.530. The van der Waals surface area contributed by atoms with Crippen LogP contribution in [-0.4, -0.2) is 31.1 Å². The number of rotatable bonds is 8. The summed E-state index contributed by atoms with van der Waals surface area (Å²) in [7, 11) is 1.59. The lowest BCUT2D eigenvalue weighted by Crippen LogP contribution is -2.30. The number of nitrogens with zero attached hydrogens (tertiary/aromatic N) is 1. The average molecular weight is 436 g/mol. The number of hydrogen-bond donors (Lipinski definition) is 0. The molecule has 6 heteroatoms. The van der Waals surface area contributed by atoms with E-state index in [1.54, 1.807) is 36.3 Å². The van der Waals surface area contributed by atoms with Crippen molar-refractivity contribution in [2.24, 2.45) is 5.92 Å². The van der Waals surface area contributed by atoms with Crippen LogP contribution in [0.2, 0.25) is 0 Å². The second-order valence-electron chi connectivity index (χ2n) is 8.54. The molecule has 1 atom stereocenters. The molecule has 0 N–H and O–H groups in total. The van der Waals surface area contributed by atoms with Gasteiger partial charge >= 0.3 is 0 Å². The topological polar surface area (TPSA) is 69.0 Å². The number of carbonyl (C=O) groups excluding carboxylic acids is 1. The fraction of sp³-hybridized carbons (Fsp3) is 0.385. The molecule has 0 spiro atoms. The second-order valence-corrected chi connectivity index (χ2v) is 8.54. The summed E-state index contributed by atoms with van der Waals surface area (Å²) in [5.41, 5.74) is 1.45. The van der Waals surface area contributed by atoms with Crippen LogP contribution in [0.1, 0.15) is 61.3 Å². The monoisotopic (exact) mass is 435 g/mol. The van der Waals surface area contributed by atoms with E-state index >= 15 is 0 Å². The van der Waals surface area contributed by atoms with E-state index in [1.165, 1.54) is 0 Å². The Labute approximate surface area is 187 Å². The number of unbranched alkanes of at least 4 members (excludes halogenated alkanes) is 1. The van der Waals surface area contributed by atoms with Gasteiger partial charge in [0.2, 0.25) is 5.76 Å². The minimum Gasteiger partial charge on any atom is -0.493 e. The van der Waals surface area contributed by atoms with Crippen LogP contribution in [-0.2, 0) is 0 Å². The van der Waals surface area contributed by atoms with Gasteiger partial charge < -0.3 is 18.8 Å². The number of benzene rings is 2. The largest absolute Gasteiger partial charge is 0.493 e. The Morgan fingerprint density at radius 2 is 1.88 bits per heavy atom. The van der Waals surface area contributed by atoms with Crippen molar-refractivity contribution < 1.29 is 18.7 Å². The molecule has 32 heavy (non-hydrogen) atoms. The van der Waals surface area contributed by atoms with Crippen molar-refractivity contribution in [3.05, 3.63) is 69.6 Å². The van der Waals surface area contributed by atoms with E-state index < -0.39 is 6.04 Å². The third-order valence-electron chi connectivity index (χ3n) is 5.70. The van der Waals surface area contributed by atoms with Gasteiger partial charge in [0.1, 0.15) is 5.58 Å². The summed E-state index contributed by atoms with van der Waals surface area (Å²) >= 11 is 0. The molecule has 0 fully saturated rings. The van der Waals surface area contributed by atoms with Gasteiger partial charge in [-0.2, -0.15) is 0 Å². The Morgan fingerprint density at radius 1 is 1.09 bits per heavy atom. The Balaban J connectivity index is 1.85. The van der Waals surface area contributed by atoms with Crippen molar-refractivity contribution in [2.75, 3.05) is 20.3 Å². The summed E-state index contributed by atoms with van der Waals surface area (Å²) in [6.07, 6.45) is 1.76. The van der Waals surface area contributed by atoms with Gasteiger partial charge in [-0.15, -0.1) is 0 Å². The van der Waals surface area contributed by atoms with Crippen LogP contribution < -0.4 is 14.9 Å². The predicted octanol–water partition coefficient (Wildman–Crippen LogP) is 5.18. The number of carbonyl (C=O) groups is 1. The number of ether oxygens (including phenoxy) is 2. The molecular weight excluding hydrogens is 406 g/mol. The summed E-state index contributed by atoms with van der Waals surface area (Å²) < 4.78 is 17.4. The number of methoxy groups -OCH3 is 1. The lowest BCUT2D eigenvalue weighted by molar-refractivity contribution is 0.0725. The zero-order valence-electron chi connectivity index (χ0n) is 19.0. The molecule has 1 aromatic heterocycles. The first-order valence-electron chi connectivity index (χ1n) is 11.1. The molecule has 0 bridgehead atoms. The van der Waals surface area contributed by atoms with Crippen molar-refractivity contribution in [1.82, 2.24) is 4.90 Å². The highest BCUT2D eigenvalue weighted by atomic mass is 16.5. The van der Waals surface area contributed by atoms with Crippen LogP contribution >= 0.6 is 0 Å². The summed E-state index contributed by atoms with van der Waals surface area (Å²) in [6, 6.07) is 12.1. The zero-order valence-corrected chi connectivity index (χ0v) is 19.0. The lowest BCUT2D eigenvalue weighted by atomic mass is 9.98.